The topological polar surface area (TPSA) is 149 Å². The van der Waals surface area contributed by atoms with Crippen LogP contribution in [-0.2, 0) is 17.5 Å². The van der Waals surface area contributed by atoms with Crippen LogP contribution in [0.5, 0.6) is 11.8 Å². The first-order valence-corrected chi connectivity index (χ1v) is 15.4. The summed E-state index contributed by atoms with van der Waals surface area (Å²) < 4.78 is 56.9. The summed E-state index contributed by atoms with van der Waals surface area (Å²) in [6, 6.07) is 8.84. The van der Waals surface area contributed by atoms with Crippen molar-refractivity contribution in [3.8, 4) is 23.1 Å². The lowest BCUT2D eigenvalue weighted by molar-refractivity contribution is -0.162. The second-order valence-electron chi connectivity index (χ2n) is 11.8. The maximum atomic E-state index is 13.7. The first-order chi connectivity index (χ1) is 23.1. The summed E-state index contributed by atoms with van der Waals surface area (Å²) in [6.07, 6.45) is 4.45. The molecule has 48 heavy (non-hydrogen) atoms. The number of halogens is 3. The summed E-state index contributed by atoms with van der Waals surface area (Å²) in [5.74, 6) is 0.226. The van der Waals surface area contributed by atoms with Gasteiger partial charge < -0.3 is 24.8 Å². The van der Waals surface area contributed by atoms with Gasteiger partial charge in [0.05, 0.1) is 45.1 Å². The Morgan fingerprint density at radius 2 is 1.67 bits per heavy atom. The molecule has 3 aromatic heterocycles. The minimum Gasteiger partial charge on any atom is -0.480 e. The number of nitrogens with one attached hydrogen (secondary N) is 2. The highest BCUT2D eigenvalue weighted by Crippen LogP contribution is 2.38. The average Bonchev–Trinajstić information content (AvgIpc) is 3.08. The van der Waals surface area contributed by atoms with Crippen molar-refractivity contribution in [3.63, 3.8) is 0 Å². The van der Waals surface area contributed by atoms with E-state index in [1.165, 1.54) is 31.9 Å². The maximum absolute atomic E-state index is 13.7. The van der Waals surface area contributed by atoms with Crippen LogP contribution in [-0.4, -0.2) is 73.9 Å². The molecule has 13 nitrogen and oxygen atoms in total. The van der Waals surface area contributed by atoms with E-state index < -0.39 is 23.2 Å². The molecule has 2 fully saturated rings. The Bertz CT molecular complexity index is 1680. The molecule has 0 bridgehead atoms. The second kappa shape index (κ2) is 13.9. The zero-order chi connectivity index (χ0) is 33.7. The lowest BCUT2D eigenvalue weighted by Gasteiger charge is -2.38. The highest BCUT2D eigenvalue weighted by molar-refractivity contribution is 5.91. The molecule has 1 aromatic carbocycles. The molecule has 1 saturated carbocycles. The van der Waals surface area contributed by atoms with Crippen LogP contribution in [0.1, 0.15) is 43.7 Å². The third kappa shape index (κ3) is 7.70. The molecule has 16 heteroatoms. The number of ether oxygens (including phenoxy) is 3. The molecule has 4 aromatic rings. The van der Waals surface area contributed by atoms with Crippen LogP contribution < -0.4 is 25.0 Å². The number of anilines is 2. The van der Waals surface area contributed by atoms with E-state index in [0.29, 0.717) is 55.3 Å². The molecular weight excluding hydrogens is 631 g/mol. The predicted octanol–water partition coefficient (Wildman–Crippen LogP) is 5.06. The summed E-state index contributed by atoms with van der Waals surface area (Å²) in [7, 11) is 1.50. The second-order valence-corrected chi connectivity index (χ2v) is 11.8. The van der Waals surface area contributed by atoms with Gasteiger partial charge in [-0.05, 0) is 38.2 Å². The van der Waals surface area contributed by atoms with Crippen LogP contribution in [0.15, 0.2) is 61.3 Å². The minimum atomic E-state index is -4.68. The van der Waals surface area contributed by atoms with Gasteiger partial charge in [-0.15, -0.1) is 0 Å². The molecule has 2 N–H and O–H groups in total. The summed E-state index contributed by atoms with van der Waals surface area (Å²) in [6.45, 7) is 2.32. The number of benzene rings is 1. The van der Waals surface area contributed by atoms with Crippen molar-refractivity contribution in [3.05, 3.63) is 72.4 Å². The van der Waals surface area contributed by atoms with E-state index in [2.05, 4.69) is 40.5 Å². The standard InChI is InChI=1S/C32H34F3N9O4/c1-31(18-47-19-31)48-28-23(32(33,34)35)13-40-29(43-28)42-21-8-10-22(11-9-21)44(30(45)41-12-20-6-4-3-5-7-20)26-16-36-24(14-38-26)25-15-39-27(46-2)17-37-25/h3-7,13-17,21-22H,8-12,18-19H2,1-2H3,(H,41,45)(H,40,42,43). The number of carbonyl (C=O) groups is 1. The van der Waals surface area contributed by atoms with Crippen LogP contribution in [0.3, 0.4) is 0 Å². The van der Waals surface area contributed by atoms with Gasteiger partial charge >= 0.3 is 12.2 Å². The SMILES string of the molecule is COc1cnc(-c2cnc(N(C(=O)NCc3ccccc3)C3CCC(Nc4ncc(C(F)(F)F)c(OC5(C)COC5)n4)CC3)cn2)cn1. The first kappa shape index (κ1) is 32.8. The number of urea groups is 1. The van der Waals surface area contributed by atoms with Gasteiger partial charge in [-0.1, -0.05) is 30.3 Å². The highest BCUT2D eigenvalue weighted by Gasteiger charge is 2.42. The fourth-order valence-electron chi connectivity index (χ4n) is 5.50. The van der Waals surface area contributed by atoms with Crippen LogP contribution in [0.25, 0.3) is 11.4 Å². The van der Waals surface area contributed by atoms with Gasteiger partial charge in [0, 0.05) is 24.8 Å². The van der Waals surface area contributed by atoms with Crippen molar-refractivity contribution in [1.29, 1.82) is 0 Å². The van der Waals surface area contributed by atoms with E-state index >= 15 is 0 Å². The highest BCUT2D eigenvalue weighted by atomic mass is 19.4. The summed E-state index contributed by atoms with van der Waals surface area (Å²) in [5.41, 5.74) is -0.0248. The van der Waals surface area contributed by atoms with E-state index in [1.54, 1.807) is 11.8 Å². The number of hydrogen-bond acceptors (Lipinski definition) is 11. The Labute approximate surface area is 274 Å². The zero-order valence-corrected chi connectivity index (χ0v) is 26.3. The van der Waals surface area contributed by atoms with E-state index in [1.807, 2.05) is 30.3 Å². The van der Waals surface area contributed by atoms with E-state index in [9.17, 15) is 18.0 Å². The van der Waals surface area contributed by atoms with Crippen molar-refractivity contribution in [2.45, 2.75) is 63.0 Å². The number of carbonyl (C=O) groups excluding carboxylic acids is 1. The maximum Gasteiger partial charge on any atom is 0.423 e. The Balaban J connectivity index is 1.16. The van der Waals surface area contributed by atoms with E-state index in [-0.39, 0.29) is 37.3 Å². The van der Waals surface area contributed by atoms with E-state index in [4.69, 9.17) is 14.2 Å². The molecular formula is C32H34F3N9O4. The van der Waals surface area contributed by atoms with Crippen molar-refractivity contribution in [2.24, 2.45) is 0 Å². The largest absolute Gasteiger partial charge is 0.480 e. The Morgan fingerprint density at radius 3 is 2.25 bits per heavy atom. The van der Waals surface area contributed by atoms with Gasteiger partial charge in [0.1, 0.15) is 17.0 Å². The van der Waals surface area contributed by atoms with Crippen molar-refractivity contribution in [2.75, 3.05) is 30.5 Å². The Morgan fingerprint density at radius 1 is 0.958 bits per heavy atom. The quantitative estimate of drug-likeness (QED) is 0.234. The van der Waals surface area contributed by atoms with Crippen LogP contribution in [0.2, 0.25) is 0 Å². The summed E-state index contributed by atoms with van der Waals surface area (Å²) >= 11 is 0. The fraction of sp³-hybridized carbons (Fsp3) is 0.406. The number of rotatable bonds is 10. The molecule has 252 valence electrons. The van der Waals surface area contributed by atoms with Crippen molar-refractivity contribution in [1.82, 2.24) is 35.2 Å². The molecule has 0 spiro atoms. The summed E-state index contributed by atoms with van der Waals surface area (Å²) in [4.78, 5) is 40.8. The van der Waals surface area contributed by atoms with Crippen molar-refractivity contribution < 1.29 is 32.2 Å². The fourth-order valence-corrected chi connectivity index (χ4v) is 5.50. The number of methoxy groups -OCH3 is 1. The lowest BCUT2D eigenvalue weighted by Crippen LogP contribution is -2.52. The zero-order valence-electron chi connectivity index (χ0n) is 26.3. The third-order valence-corrected chi connectivity index (χ3v) is 8.10. The molecule has 6 rings (SSSR count). The molecule has 2 amide bonds. The first-order valence-electron chi connectivity index (χ1n) is 15.4. The average molecular weight is 666 g/mol. The van der Waals surface area contributed by atoms with Crippen LogP contribution >= 0.6 is 0 Å². The Kier molecular flexibility index (Phi) is 9.52. The number of nitrogens with zero attached hydrogens (tertiary/aromatic N) is 7. The molecule has 1 aliphatic heterocycles. The van der Waals surface area contributed by atoms with Gasteiger partial charge in [0.2, 0.25) is 17.7 Å². The number of aromatic nitrogens is 6. The predicted molar refractivity (Wildman–Crippen MR) is 167 cm³/mol. The van der Waals surface area contributed by atoms with E-state index in [0.717, 1.165) is 11.8 Å². The normalized spacial score (nSPS) is 18.7. The summed E-state index contributed by atoms with van der Waals surface area (Å²) in [5, 5.41) is 6.15. The molecule has 0 atom stereocenters. The van der Waals surface area contributed by atoms with Crippen LogP contribution in [0.4, 0.5) is 29.7 Å². The molecule has 0 radical (unpaired) electrons. The molecule has 1 aliphatic carbocycles. The lowest BCUT2D eigenvalue weighted by atomic mass is 9.90. The van der Waals surface area contributed by atoms with Gasteiger partial charge in [-0.2, -0.15) is 18.2 Å². The third-order valence-electron chi connectivity index (χ3n) is 8.10. The van der Waals surface area contributed by atoms with Gasteiger partial charge in [0.15, 0.2) is 11.4 Å². The number of amides is 2. The minimum absolute atomic E-state index is 0.0332. The monoisotopic (exact) mass is 665 g/mol. The smallest absolute Gasteiger partial charge is 0.423 e. The van der Waals surface area contributed by atoms with Gasteiger partial charge in [0.25, 0.3) is 0 Å². The molecule has 1 saturated heterocycles. The van der Waals surface area contributed by atoms with Crippen molar-refractivity contribution >= 4 is 17.8 Å². The molecule has 4 heterocycles. The van der Waals surface area contributed by atoms with Gasteiger partial charge in [-0.25, -0.2) is 29.7 Å². The molecule has 2 aliphatic rings. The molecule has 0 unspecified atom stereocenters. The van der Waals surface area contributed by atoms with Crippen LogP contribution in [0, 0.1) is 0 Å². The number of alkyl halides is 3. The Hall–Kier alpha value is -5.12. The van der Waals surface area contributed by atoms with Gasteiger partial charge in [-0.3, -0.25) is 4.90 Å². The number of hydrogen-bond donors (Lipinski definition) is 2.